The molecule has 3 fully saturated rings. The first-order chi connectivity index (χ1) is 25.5. The van der Waals surface area contributed by atoms with Crippen LogP contribution in [0.1, 0.15) is 83.4 Å². The fraction of sp³-hybridized carbons (Fsp3) is 0.439. The molecule has 8 rings (SSSR count). The number of halogens is 1. The minimum atomic E-state index is -0.591. The normalized spacial score (nSPS) is 23.9. The quantitative estimate of drug-likeness (QED) is 0.220. The van der Waals surface area contributed by atoms with Crippen LogP contribution in [0.3, 0.4) is 0 Å². The molecule has 5 aliphatic rings. The number of imide groups is 1. The van der Waals surface area contributed by atoms with Gasteiger partial charge in [0.05, 0.1) is 11.6 Å². The Bertz CT molecular complexity index is 2030. The summed E-state index contributed by atoms with van der Waals surface area (Å²) in [4.78, 5) is 60.4. The number of benzene rings is 3. The molecule has 1 saturated carbocycles. The van der Waals surface area contributed by atoms with Crippen LogP contribution in [0.5, 0.6) is 5.75 Å². The largest absolute Gasteiger partial charge is 0.490 e. The van der Waals surface area contributed by atoms with Crippen molar-refractivity contribution >= 4 is 46.6 Å². The smallest absolute Gasteiger partial charge is 0.255 e. The summed E-state index contributed by atoms with van der Waals surface area (Å²) >= 11 is 6.19. The summed E-state index contributed by atoms with van der Waals surface area (Å²) in [6.45, 7) is 16.4. The first kappa shape index (κ1) is 35.1. The van der Waals surface area contributed by atoms with Crippen LogP contribution in [0.15, 0.2) is 54.6 Å². The van der Waals surface area contributed by atoms with Crippen LogP contribution in [-0.2, 0) is 29.2 Å². The Morgan fingerprint density at radius 3 is 2.40 bits per heavy atom. The van der Waals surface area contributed by atoms with Gasteiger partial charge in [-0.25, -0.2) is 4.85 Å². The van der Waals surface area contributed by atoms with E-state index in [2.05, 4.69) is 45.2 Å². The molecule has 0 bridgehead atoms. The third-order valence-electron chi connectivity index (χ3n) is 12.1. The highest BCUT2D eigenvalue weighted by molar-refractivity contribution is 6.33. The number of hydrogen-bond acceptors (Lipinski definition) is 7. The van der Waals surface area contributed by atoms with Crippen LogP contribution in [0.25, 0.3) is 4.85 Å². The highest BCUT2D eigenvalue weighted by Crippen LogP contribution is 2.44. The number of amides is 4. The highest BCUT2D eigenvalue weighted by atomic mass is 35.5. The number of nitrogens with zero attached hydrogens (tertiary/aromatic N) is 4. The maximum absolute atomic E-state index is 13.3. The second-order valence-corrected chi connectivity index (χ2v) is 16.1. The zero-order chi connectivity index (χ0) is 37.0. The summed E-state index contributed by atoms with van der Waals surface area (Å²) in [7, 11) is 0. The fourth-order valence-corrected chi connectivity index (χ4v) is 8.84. The molecule has 53 heavy (non-hydrogen) atoms. The van der Waals surface area contributed by atoms with Gasteiger partial charge in [-0.2, -0.15) is 0 Å². The third kappa shape index (κ3) is 6.75. The summed E-state index contributed by atoms with van der Waals surface area (Å²) in [6, 6.07) is 16.6. The van der Waals surface area contributed by atoms with Crippen molar-refractivity contribution in [1.82, 2.24) is 20.4 Å². The second kappa shape index (κ2) is 13.8. The summed E-state index contributed by atoms with van der Waals surface area (Å²) in [5.74, 6) is 0.334. The molecule has 1 unspecified atom stereocenters. The Labute approximate surface area is 314 Å². The van der Waals surface area contributed by atoms with E-state index in [1.54, 1.807) is 23.1 Å². The van der Waals surface area contributed by atoms with Crippen molar-refractivity contribution < 1.29 is 23.9 Å². The SMILES string of the molecule is [C-]#[N+]c1ccc(O[C@H]2C[C@H](NC(=O)c3ccc(N4CCC(CN5Cc6cc7c(cc6C5)C(=O)N(C5CCC(=O)NC5=O)C7)CC4)cc3)C2(C)C)cc1Cl. The minimum absolute atomic E-state index is 0.0289. The van der Waals surface area contributed by atoms with Gasteiger partial charge in [-0.05, 0) is 84.3 Å². The molecule has 274 valence electrons. The Hall–Kier alpha value is -4.92. The third-order valence-corrected chi connectivity index (χ3v) is 12.4. The number of nitrogens with one attached hydrogen (secondary N) is 2. The number of piperidine rings is 2. The Morgan fingerprint density at radius 2 is 1.72 bits per heavy atom. The van der Waals surface area contributed by atoms with Gasteiger partial charge in [-0.1, -0.05) is 37.6 Å². The maximum atomic E-state index is 13.3. The van der Waals surface area contributed by atoms with E-state index in [4.69, 9.17) is 22.9 Å². The molecule has 4 amide bonds. The lowest BCUT2D eigenvalue weighted by molar-refractivity contribution is -0.136. The minimum Gasteiger partial charge on any atom is -0.490 e. The van der Waals surface area contributed by atoms with E-state index < -0.39 is 6.04 Å². The van der Waals surface area contributed by atoms with Crippen LogP contribution < -0.4 is 20.3 Å². The van der Waals surface area contributed by atoms with Gasteiger partial charge in [0.15, 0.2) is 0 Å². The van der Waals surface area contributed by atoms with Crippen LogP contribution >= 0.6 is 11.6 Å². The highest BCUT2D eigenvalue weighted by Gasteiger charge is 2.51. The average Bonchev–Trinajstić information content (AvgIpc) is 3.69. The molecular weight excluding hydrogens is 692 g/mol. The van der Waals surface area contributed by atoms with E-state index in [-0.39, 0.29) is 47.6 Å². The molecule has 0 radical (unpaired) electrons. The Kier molecular flexibility index (Phi) is 9.15. The van der Waals surface area contributed by atoms with Crippen molar-refractivity contribution in [2.24, 2.45) is 11.3 Å². The van der Waals surface area contributed by atoms with Gasteiger partial charge in [0.25, 0.3) is 11.8 Å². The first-order valence-corrected chi connectivity index (χ1v) is 18.9. The van der Waals surface area contributed by atoms with Gasteiger partial charge < -0.3 is 19.9 Å². The molecule has 4 aliphatic heterocycles. The van der Waals surface area contributed by atoms with Crippen LogP contribution in [0.2, 0.25) is 5.02 Å². The first-order valence-electron chi connectivity index (χ1n) is 18.5. The predicted octanol–water partition coefficient (Wildman–Crippen LogP) is 5.86. The van der Waals surface area contributed by atoms with Gasteiger partial charge in [0, 0.05) is 80.4 Å². The van der Waals surface area contributed by atoms with Crippen molar-refractivity contribution in [3.63, 3.8) is 0 Å². The fourth-order valence-electron chi connectivity index (χ4n) is 8.62. The summed E-state index contributed by atoms with van der Waals surface area (Å²) in [6.07, 6.45) is 3.40. The van der Waals surface area contributed by atoms with Crippen molar-refractivity contribution in [1.29, 1.82) is 0 Å². The molecule has 0 spiro atoms. The van der Waals surface area contributed by atoms with E-state index in [0.29, 0.717) is 52.9 Å². The van der Waals surface area contributed by atoms with Gasteiger partial charge in [-0.3, -0.25) is 29.4 Å². The monoisotopic (exact) mass is 734 g/mol. The lowest BCUT2D eigenvalue weighted by Gasteiger charge is -2.51. The van der Waals surface area contributed by atoms with Crippen molar-refractivity contribution in [2.75, 3.05) is 24.5 Å². The van der Waals surface area contributed by atoms with E-state index in [1.165, 1.54) is 11.1 Å². The molecule has 4 heterocycles. The standard InChI is InChI=1S/C41H43ClN6O5/c1-41(2)35(19-36(41)53-30-8-9-33(43-3)32(42)18-30)44-38(50)25-4-6-29(7-5-25)47-14-12-24(13-15-47)20-46-21-26-16-28-23-48(34-10-11-37(49)45-39(34)51)40(52)31(28)17-27(26)22-46/h4-9,16-18,24,34-36H,10-15,19-23H2,1-2H3,(H,44,50)(H,45,49,51)/t34?,35-,36-/m0/s1. The summed E-state index contributed by atoms with van der Waals surface area (Å²) in [5.41, 5.74) is 5.98. The lowest BCUT2D eigenvalue weighted by Crippen LogP contribution is -2.63. The number of carbonyl (C=O) groups excluding carboxylic acids is 4. The van der Waals surface area contributed by atoms with Crippen molar-refractivity contribution in [2.45, 2.75) is 83.8 Å². The summed E-state index contributed by atoms with van der Waals surface area (Å²) in [5, 5.41) is 5.95. The lowest BCUT2D eigenvalue weighted by atomic mass is 9.64. The number of fused-ring (bicyclic) bond motifs is 2. The van der Waals surface area contributed by atoms with Crippen LogP contribution in [0, 0.1) is 17.9 Å². The molecule has 2 N–H and O–H groups in total. The van der Waals surface area contributed by atoms with Gasteiger partial charge in [-0.15, -0.1) is 0 Å². The van der Waals surface area contributed by atoms with E-state index in [0.717, 1.165) is 56.8 Å². The van der Waals surface area contributed by atoms with Gasteiger partial charge in [0.1, 0.15) is 17.9 Å². The molecule has 12 heteroatoms. The predicted molar refractivity (Wildman–Crippen MR) is 200 cm³/mol. The Balaban J connectivity index is 0.792. The van der Waals surface area contributed by atoms with E-state index in [9.17, 15) is 19.2 Å². The maximum Gasteiger partial charge on any atom is 0.255 e. The second-order valence-electron chi connectivity index (χ2n) is 15.7. The zero-order valence-electron chi connectivity index (χ0n) is 30.0. The van der Waals surface area contributed by atoms with Crippen molar-refractivity contribution in [3.05, 3.63) is 98.9 Å². The van der Waals surface area contributed by atoms with E-state index in [1.807, 2.05) is 30.3 Å². The number of ether oxygens (including phenoxy) is 1. The van der Waals surface area contributed by atoms with Crippen LogP contribution in [0.4, 0.5) is 11.4 Å². The zero-order valence-corrected chi connectivity index (χ0v) is 30.7. The molecule has 0 aromatic heterocycles. The Morgan fingerprint density at radius 1 is 0.981 bits per heavy atom. The molecule has 2 saturated heterocycles. The number of rotatable bonds is 8. The molecule has 3 aromatic rings. The topological polar surface area (TPSA) is 116 Å². The van der Waals surface area contributed by atoms with Gasteiger partial charge in [0.2, 0.25) is 17.5 Å². The molecule has 1 aliphatic carbocycles. The average molecular weight is 735 g/mol. The molecular formula is C41H43ClN6O5. The number of anilines is 1. The molecule has 11 nitrogen and oxygen atoms in total. The molecule has 3 atom stereocenters. The van der Waals surface area contributed by atoms with Crippen molar-refractivity contribution in [3.8, 4) is 5.75 Å². The van der Waals surface area contributed by atoms with Gasteiger partial charge >= 0.3 is 0 Å². The van der Waals surface area contributed by atoms with E-state index >= 15 is 0 Å². The number of carbonyl (C=O) groups is 4. The number of hydrogen-bond donors (Lipinski definition) is 2. The van der Waals surface area contributed by atoms with Crippen LogP contribution in [-0.4, -0.2) is 71.3 Å². The molecule has 3 aromatic carbocycles. The summed E-state index contributed by atoms with van der Waals surface area (Å²) < 4.78 is 6.17.